The van der Waals surface area contributed by atoms with E-state index < -0.39 is 4.92 Å². The molecule has 0 aliphatic rings. The van der Waals surface area contributed by atoms with Gasteiger partial charge < -0.3 is 14.0 Å². The van der Waals surface area contributed by atoms with Crippen LogP contribution in [-0.2, 0) is 11.3 Å². The Morgan fingerprint density at radius 3 is 2.70 bits per heavy atom. The zero-order valence-electron chi connectivity index (χ0n) is 18.2. The number of amides is 1. The minimum absolute atomic E-state index is 0.0509. The number of ether oxygens (including phenoxy) is 2. The van der Waals surface area contributed by atoms with Crippen molar-refractivity contribution in [3.8, 4) is 22.9 Å². The number of nitrogens with one attached hydrogen (secondary N) is 1. The van der Waals surface area contributed by atoms with E-state index in [1.807, 2.05) is 23.6 Å². The van der Waals surface area contributed by atoms with E-state index >= 15 is 0 Å². The summed E-state index contributed by atoms with van der Waals surface area (Å²) in [5.74, 6) is 1.55. The maximum atomic E-state index is 12.2. The molecular formula is C21H22N6O5S. The molecule has 33 heavy (non-hydrogen) atoms. The van der Waals surface area contributed by atoms with E-state index in [0.29, 0.717) is 34.6 Å². The van der Waals surface area contributed by atoms with Crippen molar-refractivity contribution >= 4 is 29.6 Å². The van der Waals surface area contributed by atoms with Gasteiger partial charge in [-0.3, -0.25) is 14.9 Å². The van der Waals surface area contributed by atoms with Gasteiger partial charge in [-0.05, 0) is 25.1 Å². The molecule has 11 nitrogen and oxygen atoms in total. The van der Waals surface area contributed by atoms with Gasteiger partial charge in [-0.25, -0.2) is 5.43 Å². The molecule has 1 N–H and O–H groups in total. The Morgan fingerprint density at radius 1 is 1.21 bits per heavy atom. The number of methoxy groups -OCH3 is 2. The first-order valence-electron chi connectivity index (χ1n) is 9.81. The SMILES string of the molecule is CCn1c(SCC(=O)N/N=C/c2cccc([N+](=O)[O-])c2)nnc1-c1ccc(OC)c(OC)c1. The zero-order valence-corrected chi connectivity index (χ0v) is 19.0. The van der Waals surface area contributed by atoms with Crippen LogP contribution < -0.4 is 14.9 Å². The largest absolute Gasteiger partial charge is 0.493 e. The lowest BCUT2D eigenvalue weighted by molar-refractivity contribution is -0.384. The van der Waals surface area contributed by atoms with E-state index in [9.17, 15) is 14.9 Å². The van der Waals surface area contributed by atoms with E-state index in [1.54, 1.807) is 32.4 Å². The Labute approximate surface area is 194 Å². The highest BCUT2D eigenvalue weighted by molar-refractivity contribution is 7.99. The number of hydrogen-bond acceptors (Lipinski definition) is 9. The van der Waals surface area contributed by atoms with Gasteiger partial charge in [0.05, 0.1) is 31.1 Å². The second-order valence-electron chi connectivity index (χ2n) is 6.55. The summed E-state index contributed by atoms with van der Waals surface area (Å²) >= 11 is 1.22. The number of rotatable bonds is 10. The van der Waals surface area contributed by atoms with Gasteiger partial charge in [0.1, 0.15) is 0 Å². The van der Waals surface area contributed by atoms with Crippen molar-refractivity contribution in [1.82, 2.24) is 20.2 Å². The summed E-state index contributed by atoms with van der Waals surface area (Å²) in [5.41, 5.74) is 3.66. The zero-order chi connectivity index (χ0) is 23.8. The summed E-state index contributed by atoms with van der Waals surface area (Å²) in [6, 6.07) is 11.4. The van der Waals surface area contributed by atoms with E-state index in [0.717, 1.165) is 5.56 Å². The highest BCUT2D eigenvalue weighted by atomic mass is 32.2. The predicted octanol–water partition coefficient (Wildman–Crippen LogP) is 3.13. The molecule has 0 bridgehead atoms. The van der Waals surface area contributed by atoms with Crippen LogP contribution in [0.15, 0.2) is 52.7 Å². The summed E-state index contributed by atoms with van der Waals surface area (Å²) < 4.78 is 12.5. The molecule has 0 aliphatic heterocycles. The number of hydrazone groups is 1. The van der Waals surface area contributed by atoms with Crippen molar-refractivity contribution in [3.63, 3.8) is 0 Å². The average molecular weight is 471 g/mol. The lowest BCUT2D eigenvalue weighted by Crippen LogP contribution is -2.20. The summed E-state index contributed by atoms with van der Waals surface area (Å²) in [6.45, 7) is 2.56. The van der Waals surface area contributed by atoms with Crippen molar-refractivity contribution in [2.24, 2.45) is 5.10 Å². The fraction of sp³-hybridized carbons (Fsp3) is 0.238. The first-order chi connectivity index (χ1) is 16.0. The average Bonchev–Trinajstić information content (AvgIpc) is 3.25. The van der Waals surface area contributed by atoms with Crippen molar-refractivity contribution in [2.45, 2.75) is 18.6 Å². The molecule has 0 saturated carbocycles. The van der Waals surface area contributed by atoms with Crippen LogP contribution in [0.4, 0.5) is 5.69 Å². The van der Waals surface area contributed by atoms with Crippen molar-refractivity contribution < 1.29 is 19.2 Å². The molecule has 0 atom stereocenters. The van der Waals surface area contributed by atoms with E-state index in [2.05, 4.69) is 20.7 Å². The van der Waals surface area contributed by atoms with Crippen LogP contribution >= 0.6 is 11.8 Å². The second-order valence-corrected chi connectivity index (χ2v) is 7.50. The van der Waals surface area contributed by atoms with Gasteiger partial charge in [-0.1, -0.05) is 23.9 Å². The molecule has 0 saturated heterocycles. The quantitative estimate of drug-likeness (QED) is 0.207. The topological polar surface area (TPSA) is 134 Å². The third-order valence-corrected chi connectivity index (χ3v) is 5.46. The van der Waals surface area contributed by atoms with Crippen molar-refractivity contribution in [2.75, 3.05) is 20.0 Å². The van der Waals surface area contributed by atoms with E-state index in [4.69, 9.17) is 9.47 Å². The molecule has 0 unspecified atom stereocenters. The Hall–Kier alpha value is -3.93. The van der Waals surface area contributed by atoms with Gasteiger partial charge in [0.15, 0.2) is 22.5 Å². The summed E-state index contributed by atoms with van der Waals surface area (Å²) in [4.78, 5) is 22.5. The fourth-order valence-corrected chi connectivity index (χ4v) is 3.72. The first-order valence-corrected chi connectivity index (χ1v) is 10.8. The van der Waals surface area contributed by atoms with Gasteiger partial charge in [0, 0.05) is 29.8 Å². The lowest BCUT2D eigenvalue weighted by atomic mass is 10.2. The molecule has 12 heteroatoms. The Morgan fingerprint density at radius 2 is 2.00 bits per heavy atom. The third kappa shape index (κ3) is 5.86. The number of hydrogen-bond donors (Lipinski definition) is 1. The molecule has 1 aromatic heterocycles. The number of carbonyl (C=O) groups is 1. The molecular weight excluding hydrogens is 448 g/mol. The molecule has 0 spiro atoms. The lowest BCUT2D eigenvalue weighted by Gasteiger charge is -2.10. The molecule has 0 radical (unpaired) electrons. The van der Waals surface area contributed by atoms with Crippen LogP contribution in [0, 0.1) is 10.1 Å². The first kappa shape index (κ1) is 23.7. The maximum Gasteiger partial charge on any atom is 0.270 e. The minimum Gasteiger partial charge on any atom is -0.493 e. The molecule has 1 heterocycles. The van der Waals surface area contributed by atoms with Crippen molar-refractivity contribution in [3.05, 3.63) is 58.1 Å². The Bertz CT molecular complexity index is 1180. The van der Waals surface area contributed by atoms with Crippen LogP contribution in [0.5, 0.6) is 11.5 Å². The molecule has 172 valence electrons. The number of benzene rings is 2. The van der Waals surface area contributed by atoms with Crippen LogP contribution in [0.3, 0.4) is 0 Å². The Kier molecular flexibility index (Phi) is 7.97. The van der Waals surface area contributed by atoms with Gasteiger partial charge in [-0.15, -0.1) is 10.2 Å². The standard InChI is InChI=1S/C21H22N6O5S/c1-4-26-20(15-8-9-17(31-2)18(11-15)32-3)24-25-21(26)33-13-19(28)23-22-12-14-6-5-7-16(10-14)27(29)30/h5-12H,4,13H2,1-3H3,(H,23,28)/b22-12+. The van der Waals surface area contributed by atoms with Gasteiger partial charge in [0.2, 0.25) is 0 Å². The number of non-ortho nitro benzene ring substituents is 1. The molecule has 0 aliphatic carbocycles. The molecule has 3 aromatic rings. The second kappa shape index (κ2) is 11.1. The number of nitro benzene ring substituents is 1. The van der Waals surface area contributed by atoms with E-state index in [-0.39, 0.29) is 17.3 Å². The van der Waals surface area contributed by atoms with Crippen LogP contribution in [0.25, 0.3) is 11.4 Å². The van der Waals surface area contributed by atoms with Crippen LogP contribution in [-0.4, -0.2) is 51.8 Å². The highest BCUT2D eigenvalue weighted by Gasteiger charge is 2.16. The number of nitro groups is 1. The summed E-state index contributed by atoms with van der Waals surface area (Å²) in [6.07, 6.45) is 1.35. The monoisotopic (exact) mass is 470 g/mol. The van der Waals surface area contributed by atoms with Crippen LogP contribution in [0.2, 0.25) is 0 Å². The molecule has 0 fully saturated rings. The fourth-order valence-electron chi connectivity index (χ4n) is 2.93. The predicted molar refractivity (Wildman–Crippen MR) is 124 cm³/mol. The molecule has 3 rings (SSSR count). The summed E-state index contributed by atoms with van der Waals surface area (Å²) in [7, 11) is 3.13. The number of thioether (sulfide) groups is 1. The normalized spacial score (nSPS) is 10.9. The van der Waals surface area contributed by atoms with Gasteiger partial charge >= 0.3 is 0 Å². The van der Waals surface area contributed by atoms with E-state index in [1.165, 1.54) is 30.1 Å². The van der Waals surface area contributed by atoms with Crippen molar-refractivity contribution in [1.29, 1.82) is 0 Å². The minimum atomic E-state index is -0.493. The smallest absolute Gasteiger partial charge is 0.270 e. The van der Waals surface area contributed by atoms with Gasteiger partial charge in [0.25, 0.3) is 11.6 Å². The highest BCUT2D eigenvalue weighted by Crippen LogP contribution is 2.32. The third-order valence-electron chi connectivity index (χ3n) is 4.49. The molecule has 1 amide bonds. The molecule has 2 aromatic carbocycles. The Balaban J connectivity index is 1.64. The summed E-state index contributed by atoms with van der Waals surface area (Å²) in [5, 5.41) is 23.7. The van der Waals surface area contributed by atoms with Crippen LogP contribution in [0.1, 0.15) is 12.5 Å². The number of nitrogens with zero attached hydrogens (tertiary/aromatic N) is 5. The number of aromatic nitrogens is 3. The maximum absolute atomic E-state index is 12.2. The number of carbonyl (C=O) groups excluding carboxylic acids is 1. The van der Waals surface area contributed by atoms with Gasteiger partial charge in [-0.2, -0.15) is 5.10 Å².